The molecule has 47 heavy (non-hydrogen) atoms. The minimum atomic E-state index is -1.63. The number of carbonyl (C=O) groups excluding carboxylic acids is 8. The number of fused-ring (bicyclic) bond motifs is 2. The van der Waals surface area contributed by atoms with Gasteiger partial charge in [0.1, 0.15) is 34.5 Å². The molecular weight excluding hydrogens is 612 g/mol. The summed E-state index contributed by atoms with van der Waals surface area (Å²) >= 11 is 0. The number of Topliss-reactive ketones (excluding diaryl/α,β-unsaturated/α-hetero) is 6. The Morgan fingerprint density at radius 2 is 0.894 bits per heavy atom. The van der Waals surface area contributed by atoms with Crippen LogP contribution in [0.3, 0.4) is 0 Å². The van der Waals surface area contributed by atoms with Crippen molar-refractivity contribution in [3.05, 3.63) is 58.7 Å². The molecule has 2 aliphatic carbocycles. The Balaban J connectivity index is 1.46. The zero-order chi connectivity index (χ0) is 35.2. The van der Waals surface area contributed by atoms with Gasteiger partial charge in [-0.25, -0.2) is 9.59 Å². The van der Waals surface area contributed by atoms with Gasteiger partial charge in [0.15, 0.2) is 34.7 Å². The van der Waals surface area contributed by atoms with Crippen LogP contribution in [0.25, 0.3) is 0 Å². The Morgan fingerprint density at radius 3 is 1.21 bits per heavy atom. The largest absolute Gasteiger partial charge is 0.457 e. The molecule has 0 radical (unpaired) electrons. The summed E-state index contributed by atoms with van der Waals surface area (Å²) in [5, 5.41) is 0. The number of amides is 2. The summed E-state index contributed by atoms with van der Waals surface area (Å²) < 4.78 is 16.3. The molecule has 0 heterocycles. The maximum absolute atomic E-state index is 13.2. The number of nitrogens with zero attached hydrogens (tertiary/aromatic N) is 2. The second kappa shape index (κ2) is 12.5. The third-order valence-electron chi connectivity index (χ3n) is 7.17. The lowest BCUT2D eigenvalue weighted by Crippen LogP contribution is -2.40. The van der Waals surface area contributed by atoms with E-state index < -0.39 is 83.0 Å². The van der Waals surface area contributed by atoms with Crippen molar-refractivity contribution in [1.82, 2.24) is 9.80 Å². The number of carbonyl (C=O) groups is 8. The van der Waals surface area contributed by atoms with E-state index in [1.54, 1.807) is 41.5 Å². The molecule has 2 aromatic carbocycles. The van der Waals surface area contributed by atoms with Crippen molar-refractivity contribution in [3.63, 3.8) is 0 Å². The van der Waals surface area contributed by atoms with E-state index in [0.29, 0.717) is 0 Å². The summed E-state index contributed by atoms with van der Waals surface area (Å²) in [7, 11) is 2.65. The van der Waals surface area contributed by atoms with Crippen molar-refractivity contribution in [2.24, 2.45) is 11.8 Å². The van der Waals surface area contributed by atoms with Crippen molar-refractivity contribution >= 4 is 46.9 Å². The summed E-state index contributed by atoms with van der Waals surface area (Å²) in [6.07, 6.45) is -1.56. The van der Waals surface area contributed by atoms with Crippen LogP contribution in [0.1, 0.15) is 83.0 Å². The van der Waals surface area contributed by atoms with E-state index in [2.05, 4.69) is 0 Å². The molecule has 2 aliphatic rings. The topological polar surface area (TPSA) is 171 Å². The molecule has 13 nitrogen and oxygen atoms in total. The molecular formula is C34H36N2O11. The SMILES string of the molecule is CN(CC(=O)C1C(=O)c2ccc(Oc3ccc4c(c3)C(=O)C(C(=O)CN(C)C(=O)OC(C)(C)C)C4=O)cc2C1=O)C(=O)OC(C)(C)C. The molecule has 0 aliphatic heterocycles. The van der Waals surface area contributed by atoms with Crippen molar-refractivity contribution in [2.45, 2.75) is 52.7 Å². The maximum atomic E-state index is 13.2. The van der Waals surface area contributed by atoms with Gasteiger partial charge in [-0.2, -0.15) is 0 Å². The van der Waals surface area contributed by atoms with Crippen molar-refractivity contribution in [3.8, 4) is 11.5 Å². The average molecular weight is 649 g/mol. The van der Waals surface area contributed by atoms with E-state index in [1.165, 1.54) is 50.5 Å². The van der Waals surface area contributed by atoms with Crippen LogP contribution in [-0.4, -0.2) is 95.1 Å². The lowest BCUT2D eigenvalue weighted by molar-refractivity contribution is -0.122. The number of likely N-dealkylation sites (N-methyl/N-ethyl adjacent to an activating group) is 2. The molecule has 0 aromatic heterocycles. The number of hydrogen-bond acceptors (Lipinski definition) is 11. The molecule has 4 rings (SSSR count). The second-order valence-corrected chi connectivity index (χ2v) is 13.4. The van der Waals surface area contributed by atoms with Gasteiger partial charge in [-0.3, -0.25) is 28.8 Å². The quantitative estimate of drug-likeness (QED) is 0.373. The Kier molecular flexibility index (Phi) is 9.25. The fraction of sp³-hybridized carbons (Fsp3) is 0.412. The normalized spacial score (nSPS) is 17.2. The van der Waals surface area contributed by atoms with Crippen LogP contribution in [0.5, 0.6) is 11.5 Å². The van der Waals surface area contributed by atoms with E-state index in [-0.39, 0.29) is 33.8 Å². The van der Waals surface area contributed by atoms with Gasteiger partial charge in [-0.15, -0.1) is 0 Å². The summed E-state index contributed by atoms with van der Waals surface area (Å²) in [5.41, 5.74) is -1.65. The summed E-state index contributed by atoms with van der Waals surface area (Å²) in [6.45, 7) is 8.94. The predicted octanol–water partition coefficient (Wildman–Crippen LogP) is 4.34. The first kappa shape index (κ1) is 34.7. The summed E-state index contributed by atoms with van der Waals surface area (Å²) in [5.74, 6) is -7.47. The number of ketones is 6. The highest BCUT2D eigenvalue weighted by Gasteiger charge is 2.45. The van der Waals surface area contributed by atoms with Crippen LogP contribution in [0.4, 0.5) is 9.59 Å². The maximum Gasteiger partial charge on any atom is 0.410 e. The van der Waals surface area contributed by atoms with Gasteiger partial charge < -0.3 is 24.0 Å². The molecule has 13 heteroatoms. The zero-order valence-corrected chi connectivity index (χ0v) is 27.4. The Bertz CT molecular complexity index is 1600. The Labute approximate surface area is 271 Å². The van der Waals surface area contributed by atoms with Crippen molar-refractivity contribution < 1.29 is 52.6 Å². The van der Waals surface area contributed by atoms with Crippen LogP contribution in [-0.2, 0) is 19.1 Å². The summed E-state index contributed by atoms with van der Waals surface area (Å²) in [6, 6.07) is 8.08. The third-order valence-corrected chi connectivity index (χ3v) is 7.17. The summed E-state index contributed by atoms with van der Waals surface area (Å²) in [4.78, 5) is 105. The number of hydrogen-bond donors (Lipinski definition) is 0. The molecule has 0 N–H and O–H groups in total. The number of rotatable bonds is 8. The van der Waals surface area contributed by atoms with E-state index in [9.17, 15) is 38.4 Å². The number of benzene rings is 2. The smallest absolute Gasteiger partial charge is 0.410 e. The fourth-order valence-corrected chi connectivity index (χ4v) is 5.05. The molecule has 0 saturated heterocycles. The minimum Gasteiger partial charge on any atom is -0.457 e. The third kappa shape index (κ3) is 7.45. The second-order valence-electron chi connectivity index (χ2n) is 13.4. The lowest BCUT2D eigenvalue weighted by atomic mass is 9.98. The van der Waals surface area contributed by atoms with Gasteiger partial charge in [-0.1, -0.05) is 0 Å². The Morgan fingerprint density at radius 1 is 0.574 bits per heavy atom. The van der Waals surface area contributed by atoms with Gasteiger partial charge in [0.2, 0.25) is 0 Å². The standard InChI is InChI=1S/C34H36N2O11/c1-33(2,3)46-31(43)35(7)15-23(37)25-27(39)19-11-9-17(13-21(19)29(25)41)45-18-10-12-20-22(14-18)30(42)26(28(20)40)24(38)16-36(8)32(44)47-34(4,5)6/h9-14,25-26H,15-16H2,1-8H3. The highest BCUT2D eigenvalue weighted by atomic mass is 16.6. The van der Waals surface area contributed by atoms with Gasteiger partial charge in [0, 0.05) is 36.3 Å². The van der Waals surface area contributed by atoms with Gasteiger partial charge in [-0.05, 0) is 77.9 Å². The van der Waals surface area contributed by atoms with Crippen LogP contribution in [0.2, 0.25) is 0 Å². The van der Waals surface area contributed by atoms with E-state index in [0.717, 1.165) is 9.80 Å². The monoisotopic (exact) mass is 648 g/mol. The molecule has 0 bridgehead atoms. The van der Waals surface area contributed by atoms with Gasteiger partial charge >= 0.3 is 12.2 Å². The zero-order valence-electron chi connectivity index (χ0n) is 27.4. The van der Waals surface area contributed by atoms with E-state index in [4.69, 9.17) is 14.2 Å². The average Bonchev–Trinajstić information content (AvgIpc) is 3.34. The number of ether oxygens (including phenoxy) is 3. The molecule has 0 spiro atoms. The molecule has 2 unspecified atom stereocenters. The Hall–Kier alpha value is -5.20. The molecule has 0 fully saturated rings. The molecule has 2 aromatic rings. The van der Waals surface area contributed by atoms with E-state index >= 15 is 0 Å². The molecule has 248 valence electrons. The van der Waals surface area contributed by atoms with Crippen LogP contribution >= 0.6 is 0 Å². The van der Waals surface area contributed by atoms with Crippen molar-refractivity contribution in [1.29, 1.82) is 0 Å². The molecule has 0 saturated carbocycles. The first-order valence-electron chi connectivity index (χ1n) is 14.7. The van der Waals surface area contributed by atoms with Gasteiger partial charge in [0.05, 0.1) is 13.1 Å². The van der Waals surface area contributed by atoms with Crippen molar-refractivity contribution in [2.75, 3.05) is 27.2 Å². The lowest BCUT2D eigenvalue weighted by Gasteiger charge is -2.24. The first-order valence-corrected chi connectivity index (χ1v) is 14.7. The van der Waals surface area contributed by atoms with Crippen LogP contribution in [0, 0.1) is 11.8 Å². The minimum absolute atomic E-state index is 0.0213. The van der Waals surface area contributed by atoms with E-state index in [1.807, 2.05) is 0 Å². The van der Waals surface area contributed by atoms with Gasteiger partial charge in [0.25, 0.3) is 0 Å². The van der Waals surface area contributed by atoms with Crippen LogP contribution < -0.4 is 4.74 Å². The highest BCUT2D eigenvalue weighted by molar-refractivity contribution is 6.36. The first-order chi connectivity index (χ1) is 21.7. The van der Waals surface area contributed by atoms with Crippen LogP contribution in [0.15, 0.2) is 36.4 Å². The predicted molar refractivity (Wildman–Crippen MR) is 165 cm³/mol. The molecule has 2 atom stereocenters. The fourth-order valence-electron chi connectivity index (χ4n) is 5.05. The molecule has 2 amide bonds. The highest BCUT2D eigenvalue weighted by Crippen LogP contribution is 2.35.